The fourth-order valence-electron chi connectivity index (χ4n) is 4.46. The minimum absolute atomic E-state index is 0.165. The van der Waals surface area contributed by atoms with Gasteiger partial charge < -0.3 is 14.4 Å². The highest BCUT2D eigenvalue weighted by atomic mass is 16.5. The van der Waals surface area contributed by atoms with Gasteiger partial charge in [-0.1, -0.05) is 24.3 Å². The normalized spacial score (nSPS) is 11.9. The summed E-state index contributed by atoms with van der Waals surface area (Å²) in [5.74, 6) is 0.934. The van der Waals surface area contributed by atoms with Gasteiger partial charge in [-0.2, -0.15) is 0 Å². The number of amides is 1. The number of fused-ring (bicyclic) bond motifs is 1. The van der Waals surface area contributed by atoms with Crippen molar-refractivity contribution < 1.29 is 14.3 Å². The second-order valence-electron chi connectivity index (χ2n) is 9.15. The largest absolute Gasteiger partial charge is 0.497 e. The van der Waals surface area contributed by atoms with Crippen molar-refractivity contribution >= 4 is 16.8 Å². The van der Waals surface area contributed by atoms with Crippen LogP contribution in [0.4, 0.5) is 0 Å². The van der Waals surface area contributed by atoms with Gasteiger partial charge in [-0.25, -0.2) is 4.98 Å². The van der Waals surface area contributed by atoms with Crippen LogP contribution in [0.2, 0.25) is 0 Å². The van der Waals surface area contributed by atoms with E-state index in [0.29, 0.717) is 47.6 Å². The predicted molar refractivity (Wildman–Crippen MR) is 146 cm³/mol. The first-order chi connectivity index (χ1) is 17.8. The lowest BCUT2D eigenvalue weighted by atomic mass is 10.1. The van der Waals surface area contributed by atoms with Crippen molar-refractivity contribution in [3.8, 4) is 11.4 Å². The third-order valence-electron chi connectivity index (χ3n) is 6.72. The van der Waals surface area contributed by atoms with E-state index in [4.69, 9.17) is 14.5 Å². The van der Waals surface area contributed by atoms with Gasteiger partial charge in [0.05, 0.1) is 29.7 Å². The Morgan fingerprint density at radius 2 is 1.78 bits per heavy atom. The average Bonchev–Trinajstić information content (AvgIpc) is 2.92. The quantitative estimate of drug-likeness (QED) is 0.294. The maximum Gasteiger partial charge on any atom is 0.266 e. The highest BCUT2D eigenvalue weighted by Crippen LogP contribution is 2.26. The molecule has 3 aromatic carbocycles. The maximum absolute atomic E-state index is 13.8. The van der Waals surface area contributed by atoms with Crippen LogP contribution in [0.5, 0.6) is 5.75 Å². The van der Waals surface area contributed by atoms with E-state index in [-0.39, 0.29) is 11.5 Å². The zero-order chi connectivity index (χ0) is 26.5. The molecule has 0 saturated carbocycles. The molecule has 1 amide bonds. The molecule has 1 atom stereocenters. The minimum atomic E-state index is -0.505. The van der Waals surface area contributed by atoms with Crippen molar-refractivity contribution in [2.75, 3.05) is 27.4 Å². The molecule has 1 aromatic heterocycles. The van der Waals surface area contributed by atoms with Gasteiger partial charge >= 0.3 is 0 Å². The first kappa shape index (κ1) is 26.1. The zero-order valence-electron chi connectivity index (χ0n) is 22.0. The first-order valence-corrected chi connectivity index (χ1v) is 12.4. The molecule has 4 rings (SSSR count). The van der Waals surface area contributed by atoms with Crippen LogP contribution in [0.25, 0.3) is 16.6 Å². The number of carbonyl (C=O) groups is 1. The van der Waals surface area contributed by atoms with E-state index < -0.39 is 6.04 Å². The lowest BCUT2D eigenvalue weighted by Crippen LogP contribution is -2.38. The summed E-state index contributed by atoms with van der Waals surface area (Å²) >= 11 is 0. The number of benzene rings is 3. The first-order valence-electron chi connectivity index (χ1n) is 12.4. The molecule has 37 heavy (non-hydrogen) atoms. The van der Waals surface area contributed by atoms with Crippen molar-refractivity contribution in [1.29, 1.82) is 0 Å². The van der Waals surface area contributed by atoms with Gasteiger partial charge in [0.15, 0.2) is 0 Å². The fraction of sp³-hybridized carbons (Fsp3) is 0.300. The molecule has 0 N–H and O–H groups in total. The molecule has 0 radical (unpaired) electrons. The number of rotatable bonds is 9. The Labute approximate surface area is 217 Å². The summed E-state index contributed by atoms with van der Waals surface area (Å²) in [4.78, 5) is 34.4. The molecule has 4 aromatic rings. The number of ether oxygens (including phenoxy) is 2. The Kier molecular flexibility index (Phi) is 8.04. The lowest BCUT2D eigenvalue weighted by Gasteiger charge is -2.31. The van der Waals surface area contributed by atoms with E-state index >= 15 is 0 Å². The second kappa shape index (κ2) is 11.4. The summed E-state index contributed by atoms with van der Waals surface area (Å²) < 4.78 is 12.2. The number of aromatic nitrogens is 2. The number of carbonyl (C=O) groups excluding carboxylic acids is 1. The smallest absolute Gasteiger partial charge is 0.266 e. The molecule has 7 heteroatoms. The maximum atomic E-state index is 13.8. The van der Waals surface area contributed by atoms with Crippen molar-refractivity contribution in [3.05, 3.63) is 99.6 Å². The number of methoxy groups -OCH3 is 2. The van der Waals surface area contributed by atoms with Crippen molar-refractivity contribution in [2.24, 2.45) is 0 Å². The van der Waals surface area contributed by atoms with Gasteiger partial charge in [0.1, 0.15) is 11.6 Å². The van der Waals surface area contributed by atoms with E-state index in [0.717, 1.165) is 16.8 Å². The molecule has 0 spiro atoms. The van der Waals surface area contributed by atoms with Gasteiger partial charge in [0.2, 0.25) is 0 Å². The Hall–Kier alpha value is -3.97. The number of aryl methyl sites for hydroxylation is 2. The number of hydrogen-bond donors (Lipinski definition) is 0. The monoisotopic (exact) mass is 499 g/mol. The van der Waals surface area contributed by atoms with Crippen molar-refractivity contribution in [3.63, 3.8) is 0 Å². The molecular formula is C30H33N3O4. The third-order valence-corrected chi connectivity index (χ3v) is 6.72. The van der Waals surface area contributed by atoms with Crippen LogP contribution in [0.15, 0.2) is 71.5 Å². The van der Waals surface area contributed by atoms with Crippen molar-refractivity contribution in [2.45, 2.75) is 33.2 Å². The van der Waals surface area contributed by atoms with Crippen LogP contribution in [0, 0.1) is 13.8 Å². The van der Waals surface area contributed by atoms with Crippen molar-refractivity contribution in [1.82, 2.24) is 14.5 Å². The summed E-state index contributed by atoms with van der Waals surface area (Å²) in [5.41, 5.74) is 3.86. The summed E-state index contributed by atoms with van der Waals surface area (Å²) in [7, 11) is 3.21. The van der Waals surface area contributed by atoms with E-state index in [2.05, 4.69) is 0 Å². The summed E-state index contributed by atoms with van der Waals surface area (Å²) in [5, 5.41) is 0.529. The van der Waals surface area contributed by atoms with Gasteiger partial charge in [0, 0.05) is 25.8 Å². The number of hydrogen-bond acceptors (Lipinski definition) is 5. The third kappa shape index (κ3) is 5.42. The Morgan fingerprint density at radius 1 is 1.00 bits per heavy atom. The molecule has 0 aliphatic carbocycles. The lowest BCUT2D eigenvalue weighted by molar-refractivity contribution is 0.0657. The Bertz CT molecular complexity index is 1480. The molecular weight excluding hydrogens is 466 g/mol. The van der Waals surface area contributed by atoms with E-state index in [9.17, 15) is 9.59 Å². The van der Waals surface area contributed by atoms with Crippen LogP contribution in [-0.2, 0) is 4.74 Å². The van der Waals surface area contributed by atoms with Crippen LogP contribution in [0.3, 0.4) is 0 Å². The molecule has 7 nitrogen and oxygen atoms in total. The Balaban J connectivity index is 1.89. The predicted octanol–water partition coefficient (Wildman–Crippen LogP) is 5.25. The molecule has 0 aliphatic rings. The second-order valence-corrected chi connectivity index (χ2v) is 9.15. The van der Waals surface area contributed by atoms with E-state index in [1.807, 2.05) is 57.2 Å². The van der Waals surface area contributed by atoms with Gasteiger partial charge in [-0.05, 0) is 80.8 Å². The standard InChI is InChI=1S/C30H33N3O4/c1-20-14-15-24(18-21(20)2)33-28(31-27-13-7-6-12-26(27)30(33)35)22(3)32(16-9-17-36-4)29(34)23-10-8-11-25(19-23)37-5/h6-8,10-15,18-19,22H,9,16-17H2,1-5H3. The highest BCUT2D eigenvalue weighted by molar-refractivity contribution is 5.95. The van der Waals surface area contributed by atoms with Gasteiger partial charge in [-0.15, -0.1) is 0 Å². The Morgan fingerprint density at radius 3 is 2.51 bits per heavy atom. The average molecular weight is 500 g/mol. The number of nitrogens with zero attached hydrogens (tertiary/aromatic N) is 3. The van der Waals surface area contributed by atoms with Gasteiger partial charge in [0.25, 0.3) is 11.5 Å². The van der Waals surface area contributed by atoms with E-state index in [1.165, 1.54) is 0 Å². The molecule has 0 fully saturated rings. The molecule has 0 saturated heterocycles. The van der Waals surface area contributed by atoms with Crippen LogP contribution in [-0.4, -0.2) is 47.7 Å². The van der Waals surface area contributed by atoms with Crippen LogP contribution < -0.4 is 10.3 Å². The van der Waals surface area contributed by atoms with Crippen LogP contribution in [0.1, 0.15) is 46.7 Å². The minimum Gasteiger partial charge on any atom is -0.497 e. The molecule has 1 unspecified atom stereocenters. The van der Waals surface area contributed by atoms with Crippen LogP contribution >= 0.6 is 0 Å². The zero-order valence-corrected chi connectivity index (χ0v) is 22.0. The molecule has 0 bridgehead atoms. The summed E-state index contributed by atoms with van der Waals surface area (Å²) in [6, 6.07) is 19.8. The topological polar surface area (TPSA) is 73.7 Å². The fourth-order valence-corrected chi connectivity index (χ4v) is 4.46. The molecule has 1 heterocycles. The molecule has 0 aliphatic heterocycles. The van der Waals surface area contributed by atoms with Gasteiger partial charge in [-0.3, -0.25) is 14.2 Å². The summed E-state index contributed by atoms with van der Waals surface area (Å²) in [6.07, 6.45) is 0.637. The SMILES string of the molecule is COCCCN(C(=O)c1cccc(OC)c1)C(C)c1nc2ccccc2c(=O)n1-c1ccc(C)c(C)c1. The summed E-state index contributed by atoms with van der Waals surface area (Å²) in [6.45, 7) is 6.91. The molecule has 192 valence electrons. The number of para-hydroxylation sites is 1. The van der Waals surface area contributed by atoms with E-state index in [1.54, 1.807) is 54.0 Å². The highest BCUT2D eigenvalue weighted by Gasteiger charge is 2.28.